The van der Waals surface area contributed by atoms with Gasteiger partial charge in [-0.25, -0.2) is 0 Å². The van der Waals surface area contributed by atoms with Gasteiger partial charge in [0.1, 0.15) is 0 Å². The second kappa shape index (κ2) is 13.7. The van der Waals surface area contributed by atoms with Crippen molar-refractivity contribution in [1.29, 1.82) is 0 Å². The molecule has 9 aromatic rings. The molecule has 0 bridgehead atoms. The van der Waals surface area contributed by atoms with Crippen molar-refractivity contribution in [2.24, 2.45) is 0 Å². The smallest absolute Gasteiger partial charge is 0.0618 e. The van der Waals surface area contributed by atoms with Crippen molar-refractivity contribution in [2.75, 3.05) is 9.80 Å². The summed E-state index contributed by atoms with van der Waals surface area (Å²) in [6, 6.07) is 76.2. The van der Waals surface area contributed by atoms with Gasteiger partial charge in [0.15, 0.2) is 0 Å². The molecule has 0 N–H and O–H groups in total. The zero-order valence-corrected chi connectivity index (χ0v) is 34.5. The van der Waals surface area contributed by atoms with Crippen molar-refractivity contribution in [3.63, 3.8) is 0 Å². The first-order chi connectivity index (χ1) is 29.3. The summed E-state index contributed by atoms with van der Waals surface area (Å²) in [5.41, 5.74) is 19.4. The van der Waals surface area contributed by atoms with Gasteiger partial charge in [-0.15, -0.1) is 0 Å². The van der Waals surface area contributed by atoms with Crippen LogP contribution in [0.5, 0.6) is 0 Å². The van der Waals surface area contributed by atoms with E-state index in [0.717, 1.165) is 17.1 Å². The number of nitrogens with zero attached hydrogens (tertiary/aromatic N) is 2. The summed E-state index contributed by atoms with van der Waals surface area (Å²) in [5.74, 6) is 0. The van der Waals surface area contributed by atoms with Crippen LogP contribution in [-0.2, 0) is 10.8 Å². The highest BCUT2D eigenvalue weighted by molar-refractivity contribution is 6.08. The molecule has 9 aromatic carbocycles. The van der Waals surface area contributed by atoms with Gasteiger partial charge in [-0.05, 0) is 97.9 Å². The first-order valence-electron chi connectivity index (χ1n) is 21.1. The standard InChI is InChI=1S/C58H46N2/c1-57(2)50-24-14-13-23-48(50)49-35-32-44(37-53(49)57)59(43-30-27-40(28-31-43)39-17-7-5-8-18-39)45-33-36-52-55(38-45)60(54-26-16-15-25-51(54)58(52,3)4)56-46-22-12-11-21-42(46)29-34-47(56)41-19-9-6-10-20-41/h5-38H,1-4H3. The molecular weight excluding hydrogens is 725 g/mol. The van der Waals surface area contributed by atoms with Crippen LogP contribution in [0.15, 0.2) is 206 Å². The highest BCUT2D eigenvalue weighted by atomic mass is 15.2. The van der Waals surface area contributed by atoms with E-state index in [4.69, 9.17) is 0 Å². The Kier molecular flexibility index (Phi) is 8.22. The Balaban J connectivity index is 1.16. The topological polar surface area (TPSA) is 6.48 Å². The average molecular weight is 771 g/mol. The maximum Gasteiger partial charge on any atom is 0.0618 e. The van der Waals surface area contributed by atoms with Crippen LogP contribution in [-0.4, -0.2) is 0 Å². The largest absolute Gasteiger partial charge is 0.310 e. The number of rotatable bonds is 6. The first kappa shape index (κ1) is 36.0. The maximum absolute atomic E-state index is 2.56. The number of anilines is 6. The van der Waals surface area contributed by atoms with E-state index in [-0.39, 0.29) is 10.8 Å². The summed E-state index contributed by atoms with van der Waals surface area (Å²) in [7, 11) is 0. The third-order valence-corrected chi connectivity index (χ3v) is 13.2. The fourth-order valence-electron chi connectivity index (χ4n) is 10.1. The van der Waals surface area contributed by atoms with E-state index >= 15 is 0 Å². The van der Waals surface area contributed by atoms with E-state index in [1.165, 1.54) is 83.5 Å². The van der Waals surface area contributed by atoms with Crippen LogP contribution in [0.3, 0.4) is 0 Å². The summed E-state index contributed by atoms with van der Waals surface area (Å²) in [6.45, 7) is 9.49. The van der Waals surface area contributed by atoms with Crippen LogP contribution in [0.2, 0.25) is 0 Å². The molecule has 0 saturated heterocycles. The molecule has 0 saturated carbocycles. The van der Waals surface area contributed by atoms with Gasteiger partial charge in [0.25, 0.3) is 0 Å². The zero-order valence-electron chi connectivity index (χ0n) is 34.5. The normalized spacial score (nSPS) is 14.2. The summed E-state index contributed by atoms with van der Waals surface area (Å²) >= 11 is 0. The third-order valence-electron chi connectivity index (χ3n) is 13.2. The van der Waals surface area contributed by atoms with Crippen LogP contribution < -0.4 is 9.80 Å². The van der Waals surface area contributed by atoms with Crippen LogP contribution >= 0.6 is 0 Å². The zero-order chi connectivity index (χ0) is 40.6. The number of benzene rings is 9. The average Bonchev–Trinajstić information content (AvgIpc) is 3.52. The van der Waals surface area contributed by atoms with Gasteiger partial charge in [-0.1, -0.05) is 191 Å². The molecule has 1 heterocycles. The SMILES string of the molecule is CC1(C)c2ccccc2-c2ccc(N(c3ccc(-c4ccccc4)cc3)c3ccc4c(c3)N(c3c(-c5ccccc5)ccc5ccccc35)c3ccccc3C4(C)C)cc21. The van der Waals surface area contributed by atoms with E-state index in [2.05, 4.69) is 244 Å². The lowest BCUT2D eigenvalue weighted by Gasteiger charge is -2.43. The van der Waals surface area contributed by atoms with Gasteiger partial charge < -0.3 is 9.80 Å². The third kappa shape index (κ3) is 5.55. The molecular formula is C58H46N2. The first-order valence-corrected chi connectivity index (χ1v) is 21.1. The number of hydrogen-bond donors (Lipinski definition) is 0. The quantitative estimate of drug-likeness (QED) is 0.166. The minimum atomic E-state index is -0.246. The van der Waals surface area contributed by atoms with Gasteiger partial charge in [-0.3, -0.25) is 0 Å². The minimum absolute atomic E-state index is 0.132. The lowest BCUT2D eigenvalue weighted by atomic mass is 9.73. The lowest BCUT2D eigenvalue weighted by Crippen LogP contribution is -2.31. The molecule has 288 valence electrons. The second-order valence-electron chi connectivity index (χ2n) is 17.4. The van der Waals surface area contributed by atoms with E-state index in [9.17, 15) is 0 Å². The maximum atomic E-state index is 2.56. The van der Waals surface area contributed by atoms with Crippen molar-refractivity contribution in [1.82, 2.24) is 0 Å². The predicted octanol–water partition coefficient (Wildman–Crippen LogP) is 16.1. The highest BCUT2D eigenvalue weighted by Crippen LogP contribution is 2.57. The number of para-hydroxylation sites is 1. The Morgan fingerprint density at radius 2 is 0.883 bits per heavy atom. The molecule has 0 fully saturated rings. The minimum Gasteiger partial charge on any atom is -0.310 e. The Morgan fingerprint density at radius 3 is 1.67 bits per heavy atom. The Morgan fingerprint density at radius 1 is 0.350 bits per heavy atom. The van der Waals surface area contributed by atoms with E-state index < -0.39 is 0 Å². The van der Waals surface area contributed by atoms with Crippen molar-refractivity contribution >= 4 is 44.9 Å². The molecule has 0 unspecified atom stereocenters. The molecule has 60 heavy (non-hydrogen) atoms. The van der Waals surface area contributed by atoms with Crippen molar-refractivity contribution in [3.8, 4) is 33.4 Å². The van der Waals surface area contributed by atoms with E-state index in [0.29, 0.717) is 0 Å². The van der Waals surface area contributed by atoms with Crippen LogP contribution in [0.25, 0.3) is 44.2 Å². The van der Waals surface area contributed by atoms with Crippen molar-refractivity contribution in [2.45, 2.75) is 38.5 Å². The molecule has 0 spiro atoms. The Labute approximate surface area is 353 Å². The Bertz CT molecular complexity index is 3090. The molecule has 2 nitrogen and oxygen atoms in total. The molecule has 1 aliphatic heterocycles. The molecule has 2 heteroatoms. The van der Waals surface area contributed by atoms with Gasteiger partial charge >= 0.3 is 0 Å². The molecule has 0 aromatic heterocycles. The number of fused-ring (bicyclic) bond motifs is 6. The fraction of sp³-hybridized carbons (Fsp3) is 0.103. The monoisotopic (exact) mass is 770 g/mol. The van der Waals surface area contributed by atoms with E-state index in [1.807, 2.05) is 0 Å². The summed E-state index contributed by atoms with van der Waals surface area (Å²) in [4.78, 5) is 5.02. The fourth-order valence-corrected chi connectivity index (χ4v) is 10.1. The van der Waals surface area contributed by atoms with Gasteiger partial charge in [0.05, 0.1) is 17.1 Å². The van der Waals surface area contributed by atoms with Crippen LogP contribution in [0.4, 0.5) is 34.1 Å². The number of hydrogen-bond acceptors (Lipinski definition) is 2. The molecule has 11 rings (SSSR count). The summed E-state index contributed by atoms with van der Waals surface area (Å²) in [6.07, 6.45) is 0. The molecule has 0 atom stereocenters. The van der Waals surface area contributed by atoms with E-state index in [1.54, 1.807) is 0 Å². The van der Waals surface area contributed by atoms with Gasteiger partial charge in [0.2, 0.25) is 0 Å². The molecule has 1 aliphatic carbocycles. The Hall–Kier alpha value is -7.16. The second-order valence-corrected chi connectivity index (χ2v) is 17.4. The molecule has 0 amide bonds. The predicted molar refractivity (Wildman–Crippen MR) is 254 cm³/mol. The summed E-state index contributed by atoms with van der Waals surface area (Å²) < 4.78 is 0. The van der Waals surface area contributed by atoms with Crippen molar-refractivity contribution in [3.05, 3.63) is 229 Å². The van der Waals surface area contributed by atoms with Gasteiger partial charge in [0, 0.05) is 38.8 Å². The molecule has 2 aliphatic rings. The van der Waals surface area contributed by atoms with Crippen LogP contribution in [0.1, 0.15) is 49.9 Å². The summed E-state index contributed by atoms with van der Waals surface area (Å²) in [5, 5.41) is 2.44. The van der Waals surface area contributed by atoms with Gasteiger partial charge in [-0.2, -0.15) is 0 Å². The van der Waals surface area contributed by atoms with Crippen molar-refractivity contribution < 1.29 is 0 Å². The highest BCUT2D eigenvalue weighted by Gasteiger charge is 2.39. The lowest BCUT2D eigenvalue weighted by molar-refractivity contribution is 0.632. The molecule has 0 radical (unpaired) electrons. The van der Waals surface area contributed by atoms with Crippen LogP contribution in [0, 0.1) is 0 Å².